The molecule has 2 fully saturated rings. The third-order valence-electron chi connectivity index (χ3n) is 3.71. The van der Waals surface area contributed by atoms with E-state index in [9.17, 15) is 4.79 Å². The summed E-state index contributed by atoms with van der Waals surface area (Å²) in [5, 5.41) is 9.04. The summed E-state index contributed by atoms with van der Waals surface area (Å²) in [5.41, 5.74) is 6.24. The van der Waals surface area contributed by atoms with Gasteiger partial charge in [0.15, 0.2) is 5.79 Å². The van der Waals surface area contributed by atoms with Crippen molar-refractivity contribution in [3.05, 3.63) is 0 Å². The van der Waals surface area contributed by atoms with Gasteiger partial charge in [-0.05, 0) is 12.8 Å². The number of amides is 1. The van der Waals surface area contributed by atoms with Gasteiger partial charge in [0.05, 0.1) is 0 Å². The Morgan fingerprint density at radius 1 is 1.40 bits per heavy atom. The van der Waals surface area contributed by atoms with E-state index in [0.29, 0.717) is 6.54 Å². The van der Waals surface area contributed by atoms with Crippen LogP contribution in [0.5, 0.6) is 0 Å². The Labute approximate surface area is 89.8 Å². The van der Waals surface area contributed by atoms with Crippen LogP contribution in [0.25, 0.3) is 0 Å². The Bertz CT molecular complexity index is 265. The van der Waals surface area contributed by atoms with E-state index in [1.807, 2.05) is 6.92 Å². The van der Waals surface area contributed by atoms with Gasteiger partial charge in [-0.3, -0.25) is 15.5 Å². The molecule has 3 N–H and O–H groups in total. The fourth-order valence-corrected chi connectivity index (χ4v) is 2.67. The molecule has 0 spiro atoms. The maximum atomic E-state index is 11.0. The molecule has 15 heavy (non-hydrogen) atoms. The number of carboxylic acid groups (broad SMARTS) is 1. The summed E-state index contributed by atoms with van der Waals surface area (Å²) in [4.78, 5) is 14.5. The monoisotopic (exact) mass is 213 g/mol. The quantitative estimate of drug-likeness (QED) is 0.673. The maximum absolute atomic E-state index is 11.0. The molecule has 2 saturated heterocycles. The van der Waals surface area contributed by atoms with E-state index in [2.05, 4.69) is 4.90 Å². The second-order valence-electron chi connectivity index (χ2n) is 4.62. The second-order valence-corrected chi connectivity index (χ2v) is 4.62. The molecule has 5 heteroatoms. The molecule has 5 nitrogen and oxygen atoms in total. The molecular formula is C10H19N3O2. The van der Waals surface area contributed by atoms with Gasteiger partial charge in [-0.1, -0.05) is 13.3 Å². The van der Waals surface area contributed by atoms with Crippen molar-refractivity contribution in [1.29, 1.82) is 0 Å². The average Bonchev–Trinajstić information content (AvgIpc) is 2.25. The Hall–Kier alpha value is -0.810. The third kappa shape index (κ3) is 1.50. The Morgan fingerprint density at radius 2 is 2.00 bits per heavy atom. The summed E-state index contributed by atoms with van der Waals surface area (Å²) in [6, 6.07) is 0. The molecule has 0 radical (unpaired) electrons. The van der Waals surface area contributed by atoms with Crippen molar-refractivity contribution in [1.82, 2.24) is 9.80 Å². The molecule has 0 saturated carbocycles. The molecule has 0 aromatic heterocycles. The maximum Gasteiger partial charge on any atom is 0.409 e. The summed E-state index contributed by atoms with van der Waals surface area (Å²) in [6.45, 7) is 4.42. The van der Waals surface area contributed by atoms with Gasteiger partial charge in [-0.25, -0.2) is 4.79 Å². The van der Waals surface area contributed by atoms with Gasteiger partial charge in [0.1, 0.15) is 0 Å². The van der Waals surface area contributed by atoms with Crippen LogP contribution in [0, 0.1) is 5.92 Å². The first-order chi connectivity index (χ1) is 7.06. The third-order valence-corrected chi connectivity index (χ3v) is 3.71. The van der Waals surface area contributed by atoms with Crippen molar-refractivity contribution in [3.63, 3.8) is 0 Å². The van der Waals surface area contributed by atoms with Crippen LogP contribution in [0.1, 0.15) is 26.2 Å². The Kier molecular flexibility index (Phi) is 2.60. The molecular weight excluding hydrogens is 194 g/mol. The summed E-state index contributed by atoms with van der Waals surface area (Å²) >= 11 is 0. The van der Waals surface area contributed by atoms with Crippen molar-refractivity contribution in [2.24, 2.45) is 11.7 Å². The van der Waals surface area contributed by atoms with E-state index < -0.39 is 11.9 Å². The predicted octanol–water partition coefficient (Wildman–Crippen LogP) is 0.714. The van der Waals surface area contributed by atoms with Gasteiger partial charge in [0.2, 0.25) is 0 Å². The highest BCUT2D eigenvalue weighted by molar-refractivity contribution is 5.67. The van der Waals surface area contributed by atoms with E-state index in [4.69, 9.17) is 10.8 Å². The van der Waals surface area contributed by atoms with Crippen LogP contribution < -0.4 is 5.73 Å². The number of hydrogen-bond acceptors (Lipinski definition) is 3. The molecule has 0 aromatic rings. The van der Waals surface area contributed by atoms with Crippen LogP contribution in [0.3, 0.4) is 0 Å². The van der Waals surface area contributed by atoms with Crippen molar-refractivity contribution in [2.75, 3.05) is 19.6 Å². The van der Waals surface area contributed by atoms with Crippen molar-refractivity contribution in [3.8, 4) is 0 Å². The minimum Gasteiger partial charge on any atom is -0.465 e. The Morgan fingerprint density at radius 3 is 2.47 bits per heavy atom. The molecule has 1 amide bonds. The van der Waals surface area contributed by atoms with Crippen LogP contribution in [-0.2, 0) is 0 Å². The smallest absolute Gasteiger partial charge is 0.409 e. The van der Waals surface area contributed by atoms with Crippen LogP contribution in [-0.4, -0.2) is 46.4 Å². The molecule has 2 atom stereocenters. The molecule has 0 aliphatic carbocycles. The van der Waals surface area contributed by atoms with E-state index in [1.165, 1.54) is 11.3 Å². The van der Waals surface area contributed by atoms with Gasteiger partial charge in [-0.2, -0.15) is 0 Å². The lowest BCUT2D eigenvalue weighted by Gasteiger charge is -2.59. The van der Waals surface area contributed by atoms with Crippen molar-refractivity contribution < 1.29 is 9.90 Å². The fourth-order valence-electron chi connectivity index (χ4n) is 2.67. The molecule has 2 unspecified atom stereocenters. The van der Waals surface area contributed by atoms with Crippen LogP contribution >= 0.6 is 0 Å². The molecule has 0 aromatic carbocycles. The molecule has 86 valence electrons. The van der Waals surface area contributed by atoms with Gasteiger partial charge in [0.25, 0.3) is 0 Å². The minimum absolute atomic E-state index is 0.228. The standard InChI is InChI=1S/C10H19N3O2/c1-8-7-13(9(14)15)10(8,11)12-5-3-2-4-6-12/h8H,2-7,11H2,1H3,(H,14,15). The normalized spacial score (nSPS) is 37.5. The highest BCUT2D eigenvalue weighted by Gasteiger charge is 2.54. The first-order valence-electron chi connectivity index (χ1n) is 5.61. The summed E-state index contributed by atoms with van der Waals surface area (Å²) in [5.74, 6) is -0.515. The Balaban J connectivity index is 2.11. The number of hydrogen-bond donors (Lipinski definition) is 2. The first kappa shape index (κ1) is 10.7. The molecule has 2 rings (SSSR count). The highest BCUT2D eigenvalue weighted by Crippen LogP contribution is 2.36. The zero-order valence-corrected chi connectivity index (χ0v) is 9.15. The van der Waals surface area contributed by atoms with Crippen molar-refractivity contribution in [2.45, 2.75) is 32.0 Å². The van der Waals surface area contributed by atoms with Crippen LogP contribution in [0.2, 0.25) is 0 Å². The van der Waals surface area contributed by atoms with Gasteiger partial charge >= 0.3 is 6.09 Å². The first-order valence-corrected chi connectivity index (χ1v) is 5.61. The zero-order valence-electron chi connectivity index (χ0n) is 9.15. The molecule has 2 aliphatic heterocycles. The van der Waals surface area contributed by atoms with E-state index >= 15 is 0 Å². The van der Waals surface area contributed by atoms with Crippen molar-refractivity contribution >= 4 is 6.09 Å². The number of nitrogens with zero attached hydrogens (tertiary/aromatic N) is 2. The summed E-state index contributed by atoms with van der Waals surface area (Å²) in [6.07, 6.45) is 2.58. The highest BCUT2D eigenvalue weighted by atomic mass is 16.4. The lowest BCUT2D eigenvalue weighted by Crippen LogP contribution is -2.80. The lowest BCUT2D eigenvalue weighted by molar-refractivity contribution is -0.160. The van der Waals surface area contributed by atoms with E-state index in [0.717, 1.165) is 25.9 Å². The fraction of sp³-hybridized carbons (Fsp3) is 0.900. The number of nitrogens with two attached hydrogens (primary N) is 1. The lowest BCUT2D eigenvalue weighted by atomic mass is 9.88. The number of rotatable bonds is 1. The predicted molar refractivity (Wildman–Crippen MR) is 56.2 cm³/mol. The zero-order chi connectivity index (χ0) is 11.1. The molecule has 2 heterocycles. The topological polar surface area (TPSA) is 69.8 Å². The number of carbonyl (C=O) groups is 1. The van der Waals surface area contributed by atoms with Gasteiger partial charge < -0.3 is 5.11 Å². The molecule has 0 bridgehead atoms. The SMILES string of the molecule is CC1CN(C(=O)O)C1(N)N1CCCCC1. The number of piperidine rings is 1. The molecule has 2 aliphatic rings. The minimum atomic E-state index is -0.902. The summed E-state index contributed by atoms with van der Waals surface area (Å²) < 4.78 is 0. The van der Waals surface area contributed by atoms with Gasteiger partial charge in [0, 0.05) is 25.6 Å². The van der Waals surface area contributed by atoms with E-state index in [1.54, 1.807) is 0 Å². The largest absolute Gasteiger partial charge is 0.465 e. The van der Waals surface area contributed by atoms with Gasteiger partial charge in [-0.15, -0.1) is 0 Å². The second kappa shape index (κ2) is 3.64. The number of likely N-dealkylation sites (tertiary alicyclic amines) is 2. The van der Waals surface area contributed by atoms with Crippen LogP contribution in [0.4, 0.5) is 4.79 Å². The van der Waals surface area contributed by atoms with E-state index in [-0.39, 0.29) is 5.92 Å². The van der Waals surface area contributed by atoms with Crippen LogP contribution in [0.15, 0.2) is 0 Å². The summed E-state index contributed by atoms with van der Waals surface area (Å²) in [7, 11) is 0. The average molecular weight is 213 g/mol.